The average molecular weight is 305 g/mol. The summed E-state index contributed by atoms with van der Waals surface area (Å²) in [5, 5.41) is 0. The zero-order chi connectivity index (χ0) is 15.1. The summed E-state index contributed by atoms with van der Waals surface area (Å²) >= 11 is 0. The van der Waals surface area contributed by atoms with Gasteiger partial charge in [0.1, 0.15) is 11.5 Å². The lowest BCUT2D eigenvalue weighted by atomic mass is 10.2. The van der Waals surface area contributed by atoms with E-state index in [9.17, 15) is 8.42 Å². The Kier molecular flexibility index (Phi) is 5.36. The van der Waals surface area contributed by atoms with Crippen LogP contribution in [0.2, 0.25) is 0 Å². The van der Waals surface area contributed by atoms with Crippen LogP contribution in [0.4, 0.5) is 0 Å². The standard InChI is InChI=1S/C16H19NO3S/c1-2-12-21(18,19)17-13-14-8-6-7-11-16(14)20-15-9-4-3-5-10-15/h3-11,17H,2,12-13H2,1H3. The van der Waals surface area contributed by atoms with Crippen molar-refractivity contribution in [3.05, 3.63) is 60.2 Å². The Labute approximate surface area is 125 Å². The van der Waals surface area contributed by atoms with Gasteiger partial charge in [-0.1, -0.05) is 43.3 Å². The van der Waals surface area contributed by atoms with Crippen LogP contribution in [0.1, 0.15) is 18.9 Å². The molecule has 2 rings (SSSR count). The van der Waals surface area contributed by atoms with Gasteiger partial charge in [0.05, 0.1) is 5.75 Å². The molecule has 0 aliphatic rings. The zero-order valence-electron chi connectivity index (χ0n) is 12.0. The van der Waals surface area contributed by atoms with Gasteiger partial charge in [0.15, 0.2) is 0 Å². The summed E-state index contributed by atoms with van der Waals surface area (Å²) in [6, 6.07) is 16.8. The first-order valence-electron chi connectivity index (χ1n) is 6.89. The van der Waals surface area contributed by atoms with Crippen molar-refractivity contribution in [3.8, 4) is 11.5 Å². The van der Waals surface area contributed by atoms with Gasteiger partial charge in [-0.15, -0.1) is 0 Å². The fourth-order valence-electron chi connectivity index (χ4n) is 1.89. The monoisotopic (exact) mass is 305 g/mol. The van der Waals surface area contributed by atoms with E-state index >= 15 is 0 Å². The van der Waals surface area contributed by atoms with Gasteiger partial charge >= 0.3 is 0 Å². The zero-order valence-corrected chi connectivity index (χ0v) is 12.8. The Balaban J connectivity index is 2.10. The van der Waals surface area contributed by atoms with E-state index in [0.717, 1.165) is 11.3 Å². The first-order chi connectivity index (χ1) is 10.1. The van der Waals surface area contributed by atoms with Crippen LogP contribution in [0.15, 0.2) is 54.6 Å². The van der Waals surface area contributed by atoms with E-state index in [1.165, 1.54) is 0 Å². The minimum Gasteiger partial charge on any atom is -0.457 e. The number of nitrogens with one attached hydrogen (secondary N) is 1. The number of sulfonamides is 1. The summed E-state index contributed by atoms with van der Waals surface area (Å²) < 4.78 is 31.8. The van der Waals surface area contributed by atoms with E-state index in [-0.39, 0.29) is 12.3 Å². The van der Waals surface area contributed by atoms with Crippen molar-refractivity contribution in [3.63, 3.8) is 0 Å². The first-order valence-corrected chi connectivity index (χ1v) is 8.54. The van der Waals surface area contributed by atoms with Gasteiger partial charge in [-0.2, -0.15) is 0 Å². The molecule has 1 N–H and O–H groups in total. The third kappa shape index (κ3) is 4.88. The molecule has 5 heteroatoms. The second-order valence-corrected chi connectivity index (χ2v) is 6.59. The molecule has 0 aliphatic carbocycles. The molecule has 4 nitrogen and oxygen atoms in total. The Bertz CT molecular complexity index is 669. The van der Waals surface area contributed by atoms with Crippen molar-refractivity contribution in [1.82, 2.24) is 4.72 Å². The Hall–Kier alpha value is -1.85. The first kappa shape index (κ1) is 15.5. The van der Waals surface area contributed by atoms with Crippen molar-refractivity contribution in [1.29, 1.82) is 0 Å². The van der Waals surface area contributed by atoms with E-state index in [1.54, 1.807) is 0 Å². The number of benzene rings is 2. The summed E-state index contributed by atoms with van der Waals surface area (Å²) in [5.41, 5.74) is 0.807. The lowest BCUT2D eigenvalue weighted by Crippen LogP contribution is -2.25. The molecule has 0 aliphatic heterocycles. The van der Waals surface area contributed by atoms with Crippen molar-refractivity contribution in [2.24, 2.45) is 0 Å². The maximum Gasteiger partial charge on any atom is 0.211 e. The Morgan fingerprint density at radius 3 is 2.38 bits per heavy atom. The molecule has 0 saturated carbocycles. The molecule has 112 valence electrons. The number of hydrogen-bond acceptors (Lipinski definition) is 3. The van der Waals surface area contributed by atoms with Crippen molar-refractivity contribution >= 4 is 10.0 Å². The van der Waals surface area contributed by atoms with Gasteiger partial charge in [-0.05, 0) is 24.6 Å². The molecule has 0 spiro atoms. The highest BCUT2D eigenvalue weighted by atomic mass is 32.2. The number of ether oxygens (including phenoxy) is 1. The van der Waals surface area contributed by atoms with Crippen LogP contribution in [0.25, 0.3) is 0 Å². The van der Waals surface area contributed by atoms with E-state index < -0.39 is 10.0 Å². The Morgan fingerprint density at radius 1 is 1.00 bits per heavy atom. The third-order valence-electron chi connectivity index (χ3n) is 2.90. The van der Waals surface area contributed by atoms with Crippen LogP contribution in [-0.2, 0) is 16.6 Å². The molecular formula is C16H19NO3S. The SMILES string of the molecule is CCCS(=O)(=O)NCc1ccccc1Oc1ccccc1. The molecule has 0 bridgehead atoms. The van der Waals surface area contributed by atoms with Gasteiger partial charge in [0.25, 0.3) is 0 Å². The highest BCUT2D eigenvalue weighted by molar-refractivity contribution is 7.89. The molecule has 0 atom stereocenters. The van der Waals surface area contributed by atoms with Crippen molar-refractivity contribution in [2.75, 3.05) is 5.75 Å². The van der Waals surface area contributed by atoms with Gasteiger partial charge in [-0.3, -0.25) is 0 Å². The highest BCUT2D eigenvalue weighted by Gasteiger charge is 2.10. The topological polar surface area (TPSA) is 55.4 Å². The molecule has 0 radical (unpaired) electrons. The summed E-state index contributed by atoms with van der Waals surface area (Å²) in [4.78, 5) is 0. The van der Waals surface area contributed by atoms with E-state index in [0.29, 0.717) is 12.2 Å². The molecule has 0 unspecified atom stereocenters. The molecule has 2 aromatic carbocycles. The summed E-state index contributed by atoms with van der Waals surface area (Å²) in [7, 11) is -3.23. The maximum atomic E-state index is 11.7. The normalized spacial score (nSPS) is 11.3. The second kappa shape index (κ2) is 7.24. The summed E-state index contributed by atoms with van der Waals surface area (Å²) in [6.45, 7) is 2.07. The van der Waals surface area contributed by atoms with Crippen LogP contribution in [-0.4, -0.2) is 14.2 Å². The van der Waals surface area contributed by atoms with E-state index in [2.05, 4.69) is 4.72 Å². The van der Waals surface area contributed by atoms with Crippen LogP contribution in [0.5, 0.6) is 11.5 Å². The second-order valence-electron chi connectivity index (χ2n) is 4.66. The molecule has 0 saturated heterocycles. The summed E-state index contributed by atoms with van der Waals surface area (Å²) in [5.74, 6) is 1.51. The molecule has 0 fully saturated rings. The molecule has 2 aromatic rings. The van der Waals surface area contributed by atoms with Crippen molar-refractivity contribution < 1.29 is 13.2 Å². The molecule has 21 heavy (non-hydrogen) atoms. The van der Waals surface area contributed by atoms with E-state index in [1.807, 2.05) is 61.5 Å². The van der Waals surface area contributed by atoms with Gasteiger partial charge < -0.3 is 4.74 Å². The quantitative estimate of drug-likeness (QED) is 0.854. The van der Waals surface area contributed by atoms with Gasteiger partial charge in [0, 0.05) is 12.1 Å². The third-order valence-corrected chi connectivity index (χ3v) is 4.43. The largest absolute Gasteiger partial charge is 0.457 e. The molecular weight excluding hydrogens is 286 g/mol. The maximum absolute atomic E-state index is 11.7. The van der Waals surface area contributed by atoms with Crippen LogP contribution >= 0.6 is 0 Å². The lowest BCUT2D eigenvalue weighted by Gasteiger charge is -2.12. The van der Waals surface area contributed by atoms with E-state index in [4.69, 9.17) is 4.74 Å². The van der Waals surface area contributed by atoms with Crippen molar-refractivity contribution in [2.45, 2.75) is 19.9 Å². The van der Waals surface area contributed by atoms with Gasteiger partial charge in [0.2, 0.25) is 10.0 Å². The van der Waals surface area contributed by atoms with Crippen LogP contribution in [0, 0.1) is 0 Å². The van der Waals surface area contributed by atoms with Crippen LogP contribution < -0.4 is 9.46 Å². The number of rotatable bonds is 7. The predicted octanol–water partition coefficient (Wildman–Crippen LogP) is 3.31. The average Bonchev–Trinajstić information content (AvgIpc) is 2.47. The minimum atomic E-state index is -3.23. The Morgan fingerprint density at radius 2 is 1.67 bits per heavy atom. The van der Waals surface area contributed by atoms with Gasteiger partial charge in [-0.25, -0.2) is 13.1 Å². The fraction of sp³-hybridized carbons (Fsp3) is 0.250. The molecule has 0 heterocycles. The molecule has 0 aromatic heterocycles. The lowest BCUT2D eigenvalue weighted by molar-refractivity contribution is 0.475. The fourth-order valence-corrected chi connectivity index (χ4v) is 2.95. The summed E-state index contributed by atoms with van der Waals surface area (Å²) in [6.07, 6.45) is 0.595. The number of hydrogen-bond donors (Lipinski definition) is 1. The van der Waals surface area contributed by atoms with Crippen LogP contribution in [0.3, 0.4) is 0 Å². The minimum absolute atomic E-state index is 0.134. The smallest absolute Gasteiger partial charge is 0.211 e. The highest BCUT2D eigenvalue weighted by Crippen LogP contribution is 2.24. The number of para-hydroxylation sites is 2. The molecule has 0 amide bonds. The predicted molar refractivity (Wildman–Crippen MR) is 83.9 cm³/mol.